The number of ether oxygens (including phenoxy) is 1. The molecular weight excluding hydrogens is 186 g/mol. The number of carbonyl (C=O) groups excluding carboxylic acids is 1. The first-order chi connectivity index (χ1) is 6.69. The van der Waals surface area contributed by atoms with Crippen LogP contribution in [0.2, 0.25) is 0 Å². The molecule has 0 saturated heterocycles. The Bertz CT molecular complexity index is 326. The molecule has 14 heavy (non-hydrogen) atoms. The first kappa shape index (κ1) is 10.6. The lowest BCUT2D eigenvalue weighted by Crippen LogP contribution is -2.08. The molecule has 0 amide bonds. The Labute approximate surface area is 81.0 Å². The monoisotopic (exact) mass is 197 g/mol. The van der Waals surface area contributed by atoms with E-state index < -0.39 is 18.7 Å². The summed E-state index contributed by atoms with van der Waals surface area (Å²) < 4.78 is 4.49. The number of nitrogens with zero attached hydrogens (tertiary/aromatic N) is 1. The third-order valence-electron chi connectivity index (χ3n) is 1.72. The van der Waals surface area contributed by atoms with Gasteiger partial charge in [0.15, 0.2) is 0 Å². The lowest BCUT2D eigenvalue weighted by molar-refractivity contribution is 0.0599. The molecule has 0 fully saturated rings. The van der Waals surface area contributed by atoms with Crippen molar-refractivity contribution in [2.75, 3.05) is 13.7 Å². The molecule has 1 aromatic heterocycles. The van der Waals surface area contributed by atoms with Gasteiger partial charge in [-0.3, -0.25) is 4.98 Å². The molecule has 0 aliphatic rings. The molecule has 1 atom stereocenters. The summed E-state index contributed by atoms with van der Waals surface area (Å²) in [5, 5.41) is 17.9. The van der Waals surface area contributed by atoms with Gasteiger partial charge >= 0.3 is 5.97 Å². The van der Waals surface area contributed by atoms with E-state index in [2.05, 4.69) is 9.72 Å². The highest BCUT2D eigenvalue weighted by molar-refractivity contribution is 5.89. The maximum absolute atomic E-state index is 11.1. The van der Waals surface area contributed by atoms with Gasteiger partial charge in [0.25, 0.3) is 0 Å². The molecule has 0 aromatic carbocycles. The van der Waals surface area contributed by atoms with Crippen LogP contribution in [0.4, 0.5) is 0 Å². The van der Waals surface area contributed by atoms with E-state index >= 15 is 0 Å². The molecule has 0 saturated carbocycles. The van der Waals surface area contributed by atoms with Crippen molar-refractivity contribution in [2.24, 2.45) is 0 Å². The second kappa shape index (κ2) is 4.69. The summed E-state index contributed by atoms with van der Waals surface area (Å²) in [4.78, 5) is 14.9. The predicted octanol–water partition coefficient (Wildman–Crippen LogP) is -0.106. The molecule has 1 aromatic rings. The molecule has 1 rings (SSSR count). The predicted molar refractivity (Wildman–Crippen MR) is 47.6 cm³/mol. The van der Waals surface area contributed by atoms with E-state index in [-0.39, 0.29) is 5.69 Å². The normalized spacial score (nSPS) is 12.2. The lowest BCUT2D eigenvalue weighted by atomic mass is 10.2. The van der Waals surface area contributed by atoms with E-state index in [9.17, 15) is 9.90 Å². The van der Waals surface area contributed by atoms with Gasteiger partial charge in [-0.05, 0) is 12.1 Å². The van der Waals surface area contributed by atoms with Crippen molar-refractivity contribution in [3.63, 3.8) is 0 Å². The Balaban J connectivity index is 2.95. The van der Waals surface area contributed by atoms with E-state index in [1.165, 1.54) is 25.4 Å². The Kier molecular flexibility index (Phi) is 3.55. The maximum Gasteiger partial charge on any atom is 0.337 e. The number of hydrogen-bond donors (Lipinski definition) is 2. The second-order valence-electron chi connectivity index (χ2n) is 2.66. The minimum absolute atomic E-state index is 0.246. The molecule has 0 radical (unpaired) electrons. The van der Waals surface area contributed by atoms with Crippen molar-refractivity contribution in [3.05, 3.63) is 29.6 Å². The number of aromatic nitrogens is 1. The van der Waals surface area contributed by atoms with Crippen LogP contribution in [0.1, 0.15) is 22.2 Å². The minimum Gasteiger partial charge on any atom is -0.465 e. The Morgan fingerprint density at radius 3 is 3.00 bits per heavy atom. The fourth-order valence-corrected chi connectivity index (χ4v) is 0.969. The van der Waals surface area contributed by atoms with Crippen molar-refractivity contribution in [1.82, 2.24) is 4.98 Å². The van der Waals surface area contributed by atoms with Crippen molar-refractivity contribution in [3.8, 4) is 0 Å². The van der Waals surface area contributed by atoms with E-state index in [4.69, 9.17) is 5.11 Å². The van der Waals surface area contributed by atoms with E-state index in [1.54, 1.807) is 0 Å². The molecule has 5 nitrogen and oxygen atoms in total. The fourth-order valence-electron chi connectivity index (χ4n) is 0.969. The van der Waals surface area contributed by atoms with Crippen LogP contribution in [0.5, 0.6) is 0 Å². The van der Waals surface area contributed by atoms with E-state index in [0.29, 0.717) is 5.56 Å². The molecular formula is C9H11NO4. The van der Waals surface area contributed by atoms with Crippen LogP contribution in [0.3, 0.4) is 0 Å². The first-order valence-electron chi connectivity index (χ1n) is 4.02. The van der Waals surface area contributed by atoms with Crippen LogP contribution in [0, 0.1) is 0 Å². The topological polar surface area (TPSA) is 79.7 Å². The molecule has 0 aliphatic carbocycles. The van der Waals surface area contributed by atoms with Gasteiger partial charge in [-0.15, -0.1) is 0 Å². The lowest BCUT2D eigenvalue weighted by Gasteiger charge is -2.06. The summed E-state index contributed by atoms with van der Waals surface area (Å²) in [5.74, 6) is -0.501. The second-order valence-corrected chi connectivity index (χ2v) is 2.66. The third-order valence-corrected chi connectivity index (χ3v) is 1.72. The van der Waals surface area contributed by atoms with Crippen LogP contribution in [0.15, 0.2) is 18.3 Å². The quantitative estimate of drug-likeness (QED) is 0.661. The number of aliphatic hydroxyl groups is 2. The highest BCUT2D eigenvalue weighted by Crippen LogP contribution is 2.11. The van der Waals surface area contributed by atoms with Crippen LogP contribution in [-0.2, 0) is 4.74 Å². The maximum atomic E-state index is 11.1. The van der Waals surface area contributed by atoms with E-state index in [1.807, 2.05) is 0 Å². The van der Waals surface area contributed by atoms with Gasteiger partial charge in [-0.25, -0.2) is 4.79 Å². The van der Waals surface area contributed by atoms with Gasteiger partial charge in [-0.2, -0.15) is 0 Å². The standard InChI is InChI=1S/C9H11NO4/c1-14-9(13)6-2-3-10-7(4-6)8(12)5-11/h2-4,8,11-12H,5H2,1H3/t8-/m0/s1. The van der Waals surface area contributed by atoms with Gasteiger partial charge in [0, 0.05) is 6.20 Å². The zero-order chi connectivity index (χ0) is 10.6. The van der Waals surface area contributed by atoms with Crippen molar-refractivity contribution in [1.29, 1.82) is 0 Å². The number of rotatable bonds is 3. The molecule has 0 unspecified atom stereocenters. The summed E-state index contributed by atoms with van der Waals surface area (Å²) >= 11 is 0. The fraction of sp³-hybridized carbons (Fsp3) is 0.333. The molecule has 0 spiro atoms. The average molecular weight is 197 g/mol. The van der Waals surface area contributed by atoms with Crippen LogP contribution >= 0.6 is 0 Å². The SMILES string of the molecule is COC(=O)c1ccnc([C@@H](O)CO)c1. The minimum atomic E-state index is -1.07. The highest BCUT2D eigenvalue weighted by Gasteiger charge is 2.11. The molecule has 5 heteroatoms. The Morgan fingerprint density at radius 2 is 2.43 bits per heavy atom. The Hall–Kier alpha value is -1.46. The van der Waals surface area contributed by atoms with Crippen molar-refractivity contribution < 1.29 is 19.7 Å². The Morgan fingerprint density at radius 1 is 1.71 bits per heavy atom. The average Bonchev–Trinajstić information content (AvgIpc) is 2.27. The van der Waals surface area contributed by atoms with Crippen molar-refractivity contribution >= 4 is 5.97 Å². The number of methoxy groups -OCH3 is 1. The summed E-state index contributed by atoms with van der Waals surface area (Å²) in [6, 6.07) is 2.85. The molecule has 0 aliphatic heterocycles. The van der Waals surface area contributed by atoms with Crippen molar-refractivity contribution in [2.45, 2.75) is 6.10 Å². The summed E-state index contributed by atoms with van der Waals surface area (Å²) in [7, 11) is 1.27. The molecule has 0 bridgehead atoms. The van der Waals surface area contributed by atoms with Gasteiger partial charge in [0.05, 0.1) is 25.0 Å². The number of hydrogen-bond acceptors (Lipinski definition) is 5. The molecule has 76 valence electrons. The summed E-state index contributed by atoms with van der Waals surface area (Å²) in [6.45, 7) is -0.433. The number of aliphatic hydroxyl groups excluding tert-OH is 2. The van der Waals surface area contributed by atoms with Gasteiger partial charge in [0.2, 0.25) is 0 Å². The number of carbonyl (C=O) groups is 1. The molecule has 1 heterocycles. The summed E-state index contributed by atoms with van der Waals surface area (Å²) in [5.41, 5.74) is 0.542. The van der Waals surface area contributed by atoms with Gasteiger partial charge in [-0.1, -0.05) is 0 Å². The van der Waals surface area contributed by atoms with E-state index in [0.717, 1.165) is 0 Å². The number of esters is 1. The van der Waals surface area contributed by atoms with Gasteiger partial charge in [0.1, 0.15) is 6.10 Å². The zero-order valence-electron chi connectivity index (χ0n) is 7.67. The van der Waals surface area contributed by atoms with Crippen LogP contribution < -0.4 is 0 Å². The summed E-state index contributed by atoms with van der Waals surface area (Å²) in [6.07, 6.45) is 0.306. The van der Waals surface area contributed by atoms with Crippen LogP contribution in [-0.4, -0.2) is 34.9 Å². The first-order valence-corrected chi connectivity index (χ1v) is 4.02. The highest BCUT2D eigenvalue weighted by atomic mass is 16.5. The smallest absolute Gasteiger partial charge is 0.337 e. The largest absolute Gasteiger partial charge is 0.465 e. The zero-order valence-corrected chi connectivity index (χ0v) is 7.67. The van der Waals surface area contributed by atoms with Gasteiger partial charge < -0.3 is 14.9 Å². The number of pyridine rings is 1. The molecule has 2 N–H and O–H groups in total. The van der Waals surface area contributed by atoms with Crippen LogP contribution in [0.25, 0.3) is 0 Å². The third kappa shape index (κ3) is 2.27.